The van der Waals surface area contributed by atoms with Gasteiger partial charge >= 0.3 is 0 Å². The van der Waals surface area contributed by atoms with Crippen molar-refractivity contribution < 1.29 is 0 Å². The fourth-order valence-electron chi connectivity index (χ4n) is 6.60. The van der Waals surface area contributed by atoms with Crippen molar-refractivity contribution in [1.82, 2.24) is 0 Å². The Hall–Kier alpha value is -0.520. The lowest BCUT2D eigenvalue weighted by molar-refractivity contribution is -0.0306. The van der Waals surface area contributed by atoms with Crippen molar-refractivity contribution in [3.8, 4) is 0 Å². The third-order valence-corrected chi connectivity index (χ3v) is 8.08. The maximum absolute atomic E-state index is 2.62. The van der Waals surface area contributed by atoms with Crippen molar-refractivity contribution in [2.24, 2.45) is 34.5 Å². The van der Waals surface area contributed by atoms with Crippen LogP contribution >= 0.6 is 0 Å². The highest BCUT2D eigenvalue weighted by atomic mass is 14.6. The molecule has 0 nitrogen and oxygen atoms in total. The largest absolute Gasteiger partial charge is 0.0839 e. The Kier molecular flexibility index (Phi) is 2.79. The van der Waals surface area contributed by atoms with Gasteiger partial charge in [0.2, 0.25) is 0 Å². The van der Waals surface area contributed by atoms with E-state index >= 15 is 0 Å². The molecule has 0 radical (unpaired) electrons. The van der Waals surface area contributed by atoms with E-state index in [0.29, 0.717) is 10.8 Å². The number of rotatable bonds is 0. The van der Waals surface area contributed by atoms with Gasteiger partial charge in [-0.2, -0.15) is 0 Å². The van der Waals surface area contributed by atoms with Gasteiger partial charge < -0.3 is 0 Å². The van der Waals surface area contributed by atoms with Gasteiger partial charge in [-0.05, 0) is 74.0 Å². The highest BCUT2D eigenvalue weighted by Crippen LogP contribution is 2.65. The summed E-state index contributed by atoms with van der Waals surface area (Å²) >= 11 is 0. The van der Waals surface area contributed by atoms with Crippen molar-refractivity contribution >= 4 is 0 Å². The minimum absolute atomic E-state index is 0.411. The van der Waals surface area contributed by atoms with E-state index in [1.165, 1.54) is 44.9 Å². The normalized spacial score (nSPS) is 53.9. The Labute approximate surface area is 124 Å². The van der Waals surface area contributed by atoms with E-state index in [2.05, 4.69) is 39.0 Å². The zero-order valence-electron chi connectivity index (χ0n) is 13.5. The molecule has 20 heavy (non-hydrogen) atoms. The molecule has 4 aliphatic carbocycles. The lowest BCUT2D eigenvalue weighted by Crippen LogP contribution is -2.49. The van der Waals surface area contributed by atoms with Gasteiger partial charge in [-0.15, -0.1) is 0 Å². The van der Waals surface area contributed by atoms with Crippen molar-refractivity contribution in [2.45, 2.75) is 65.7 Å². The quantitative estimate of drug-likeness (QED) is 0.491. The smallest absolute Gasteiger partial charge is 0.00936 e. The molecule has 0 aromatic rings. The molecule has 0 bridgehead atoms. The standard InChI is InChI=1S/C20H30/c1-14-7-10-17-16-9-8-15-6-4-5-12-20(15,3)18(16)11-13-19(14,17)2/h5-6,12,14,16-18H,4,7-11,13H2,1-3H3. The minimum atomic E-state index is 0.411. The summed E-state index contributed by atoms with van der Waals surface area (Å²) in [6.45, 7) is 7.69. The summed E-state index contributed by atoms with van der Waals surface area (Å²) in [5.41, 5.74) is 2.85. The molecular formula is C20H30. The van der Waals surface area contributed by atoms with Crippen molar-refractivity contribution in [2.75, 3.05) is 0 Å². The van der Waals surface area contributed by atoms with E-state index in [4.69, 9.17) is 0 Å². The van der Waals surface area contributed by atoms with Gasteiger partial charge in [-0.25, -0.2) is 0 Å². The number of allylic oxidation sites excluding steroid dienone is 4. The highest BCUT2D eigenvalue weighted by Gasteiger charge is 2.57. The van der Waals surface area contributed by atoms with Crippen LogP contribution in [0.25, 0.3) is 0 Å². The molecule has 6 unspecified atom stereocenters. The van der Waals surface area contributed by atoms with Crippen molar-refractivity contribution in [3.05, 3.63) is 23.8 Å². The van der Waals surface area contributed by atoms with Gasteiger partial charge in [-0.3, -0.25) is 0 Å². The Morgan fingerprint density at radius 3 is 2.75 bits per heavy atom. The zero-order valence-corrected chi connectivity index (χ0v) is 13.5. The van der Waals surface area contributed by atoms with Crippen LogP contribution in [0.15, 0.2) is 23.8 Å². The average Bonchev–Trinajstić information content (AvgIpc) is 2.74. The van der Waals surface area contributed by atoms with E-state index in [9.17, 15) is 0 Å². The first-order chi connectivity index (χ1) is 9.56. The Balaban J connectivity index is 1.70. The van der Waals surface area contributed by atoms with Gasteiger partial charge in [0.1, 0.15) is 0 Å². The Morgan fingerprint density at radius 1 is 1.05 bits per heavy atom. The van der Waals surface area contributed by atoms with Crippen molar-refractivity contribution in [1.29, 1.82) is 0 Å². The fourth-order valence-corrected chi connectivity index (χ4v) is 6.60. The molecule has 6 atom stereocenters. The van der Waals surface area contributed by atoms with Crippen LogP contribution in [0.5, 0.6) is 0 Å². The van der Waals surface area contributed by atoms with E-state index in [-0.39, 0.29) is 0 Å². The summed E-state index contributed by atoms with van der Waals surface area (Å²) in [7, 11) is 0. The van der Waals surface area contributed by atoms with Crippen LogP contribution in [-0.2, 0) is 0 Å². The third-order valence-electron chi connectivity index (χ3n) is 8.08. The Morgan fingerprint density at radius 2 is 1.90 bits per heavy atom. The number of fused-ring (bicyclic) bond motifs is 5. The molecule has 0 heteroatoms. The van der Waals surface area contributed by atoms with Crippen LogP contribution in [0.2, 0.25) is 0 Å². The van der Waals surface area contributed by atoms with Gasteiger partial charge in [0.05, 0.1) is 0 Å². The summed E-state index contributed by atoms with van der Waals surface area (Å²) in [6, 6.07) is 0. The molecule has 0 saturated heterocycles. The summed E-state index contributed by atoms with van der Waals surface area (Å²) < 4.78 is 0. The molecule has 0 amide bonds. The zero-order chi connectivity index (χ0) is 14.0. The molecule has 0 N–H and O–H groups in total. The van der Waals surface area contributed by atoms with Gasteiger partial charge in [0.15, 0.2) is 0 Å². The minimum Gasteiger partial charge on any atom is -0.0839 e. The van der Waals surface area contributed by atoms with E-state index in [1.807, 2.05) is 0 Å². The van der Waals surface area contributed by atoms with E-state index < -0.39 is 0 Å². The molecule has 4 rings (SSSR count). The van der Waals surface area contributed by atoms with Gasteiger partial charge in [-0.1, -0.05) is 44.6 Å². The van der Waals surface area contributed by atoms with Gasteiger partial charge in [0, 0.05) is 5.41 Å². The molecule has 4 aliphatic rings. The second kappa shape index (κ2) is 4.24. The lowest BCUT2D eigenvalue weighted by Gasteiger charge is -2.57. The van der Waals surface area contributed by atoms with E-state index in [1.54, 1.807) is 5.57 Å². The monoisotopic (exact) mass is 270 g/mol. The first-order valence-electron chi connectivity index (χ1n) is 8.93. The molecule has 3 saturated carbocycles. The summed E-state index contributed by atoms with van der Waals surface area (Å²) in [6.07, 6.45) is 17.5. The first-order valence-corrected chi connectivity index (χ1v) is 8.93. The fraction of sp³-hybridized carbons (Fsp3) is 0.800. The average molecular weight is 270 g/mol. The van der Waals surface area contributed by atoms with Crippen LogP contribution < -0.4 is 0 Å². The molecule has 0 spiro atoms. The summed E-state index contributed by atoms with van der Waals surface area (Å²) in [5, 5.41) is 0. The predicted molar refractivity (Wildman–Crippen MR) is 85.4 cm³/mol. The number of hydrogen-bond donors (Lipinski definition) is 0. The molecule has 0 aliphatic heterocycles. The van der Waals surface area contributed by atoms with Crippen molar-refractivity contribution in [3.63, 3.8) is 0 Å². The van der Waals surface area contributed by atoms with Crippen LogP contribution in [0.3, 0.4) is 0 Å². The summed E-state index contributed by atoms with van der Waals surface area (Å²) in [5.74, 6) is 3.91. The molecule has 0 heterocycles. The second-order valence-electron chi connectivity index (χ2n) is 8.59. The van der Waals surface area contributed by atoms with Crippen LogP contribution in [0, 0.1) is 34.5 Å². The Bertz CT molecular complexity index is 470. The molecule has 3 fully saturated rings. The predicted octanol–water partition coefficient (Wildman–Crippen LogP) is 5.75. The topological polar surface area (TPSA) is 0 Å². The highest BCUT2D eigenvalue weighted by molar-refractivity contribution is 5.31. The SMILES string of the molecule is CC1CCC2C3CCC4=CCC=CC4(C)C3CCC12C. The van der Waals surface area contributed by atoms with Crippen LogP contribution in [-0.4, -0.2) is 0 Å². The van der Waals surface area contributed by atoms with Crippen LogP contribution in [0.1, 0.15) is 65.7 Å². The van der Waals surface area contributed by atoms with Crippen LogP contribution in [0.4, 0.5) is 0 Å². The molecule has 0 aromatic carbocycles. The van der Waals surface area contributed by atoms with Gasteiger partial charge in [0.25, 0.3) is 0 Å². The maximum Gasteiger partial charge on any atom is 0.00936 e. The summed E-state index contributed by atoms with van der Waals surface area (Å²) in [4.78, 5) is 0. The molecular weight excluding hydrogens is 240 g/mol. The number of hydrogen-bond acceptors (Lipinski definition) is 0. The second-order valence-corrected chi connectivity index (χ2v) is 8.59. The van der Waals surface area contributed by atoms with E-state index in [0.717, 1.165) is 23.7 Å². The first kappa shape index (κ1) is 13.2. The molecule has 110 valence electrons. The molecule has 0 aromatic heterocycles. The lowest BCUT2D eigenvalue weighted by atomic mass is 9.48. The maximum atomic E-state index is 2.62. The third kappa shape index (κ3) is 1.54.